The van der Waals surface area contributed by atoms with Crippen molar-refractivity contribution in [3.05, 3.63) is 23.9 Å². The molecule has 0 saturated carbocycles. The summed E-state index contributed by atoms with van der Waals surface area (Å²) in [6, 6.07) is 3.88. The van der Waals surface area contributed by atoms with E-state index in [2.05, 4.69) is 34.5 Å². The molecule has 1 aromatic heterocycles. The van der Waals surface area contributed by atoms with Crippen molar-refractivity contribution in [1.82, 2.24) is 15.6 Å². The molecule has 0 saturated heterocycles. The third-order valence-corrected chi connectivity index (χ3v) is 2.94. The van der Waals surface area contributed by atoms with Crippen LogP contribution in [0.4, 0.5) is 0 Å². The quantitative estimate of drug-likeness (QED) is 0.317. The first kappa shape index (κ1) is 19.9. The fourth-order valence-electron chi connectivity index (χ4n) is 1.80. The molecule has 120 valence electrons. The van der Waals surface area contributed by atoms with Crippen molar-refractivity contribution < 1.29 is 4.74 Å². The molecule has 0 aliphatic rings. The number of nitrogens with one attached hydrogen (secondary N) is 2. The standard InChI is InChI=1S/C15H26N4O.HI/c1-12(2)6-5-8-18-15(16-3)19-11-13-7-9-17-14(10-13)20-4;/h7,9-10,12H,5-6,8,11H2,1-4H3,(H2,16,18,19);1H. The Kier molecular flexibility index (Phi) is 11.0. The highest BCUT2D eigenvalue weighted by atomic mass is 127. The van der Waals surface area contributed by atoms with E-state index in [0.717, 1.165) is 30.4 Å². The number of guanidine groups is 1. The van der Waals surface area contributed by atoms with E-state index in [0.29, 0.717) is 12.4 Å². The van der Waals surface area contributed by atoms with Crippen LogP contribution in [0.1, 0.15) is 32.3 Å². The van der Waals surface area contributed by atoms with Crippen molar-refractivity contribution in [3.8, 4) is 5.88 Å². The van der Waals surface area contributed by atoms with Crippen molar-refractivity contribution >= 4 is 29.9 Å². The summed E-state index contributed by atoms with van der Waals surface area (Å²) in [7, 11) is 3.40. The molecule has 0 spiro atoms. The van der Waals surface area contributed by atoms with Crippen molar-refractivity contribution in [3.63, 3.8) is 0 Å². The van der Waals surface area contributed by atoms with E-state index in [9.17, 15) is 0 Å². The van der Waals surface area contributed by atoms with Crippen LogP contribution in [0.5, 0.6) is 5.88 Å². The van der Waals surface area contributed by atoms with Gasteiger partial charge in [0.25, 0.3) is 0 Å². The molecule has 0 bridgehead atoms. The number of aliphatic imine (C=N–C) groups is 1. The predicted octanol–water partition coefficient (Wildman–Crippen LogP) is 2.81. The molecule has 2 N–H and O–H groups in total. The molecule has 0 aromatic carbocycles. The van der Waals surface area contributed by atoms with Gasteiger partial charge >= 0.3 is 0 Å². The second-order valence-corrected chi connectivity index (χ2v) is 5.10. The molecule has 1 aromatic rings. The molecular formula is C15H27IN4O. The van der Waals surface area contributed by atoms with Gasteiger partial charge in [0.1, 0.15) is 0 Å². The summed E-state index contributed by atoms with van der Waals surface area (Å²) >= 11 is 0. The lowest BCUT2D eigenvalue weighted by Gasteiger charge is -2.12. The Bertz CT molecular complexity index is 424. The zero-order chi connectivity index (χ0) is 14.8. The Balaban J connectivity index is 0.00000400. The van der Waals surface area contributed by atoms with E-state index in [-0.39, 0.29) is 24.0 Å². The van der Waals surface area contributed by atoms with Crippen molar-refractivity contribution in [2.24, 2.45) is 10.9 Å². The molecular weight excluding hydrogens is 379 g/mol. The first-order valence-electron chi connectivity index (χ1n) is 7.09. The molecule has 21 heavy (non-hydrogen) atoms. The number of hydrogen-bond donors (Lipinski definition) is 2. The Morgan fingerprint density at radius 2 is 2.14 bits per heavy atom. The molecule has 1 rings (SSSR count). The number of ether oxygens (including phenoxy) is 1. The average Bonchev–Trinajstić information content (AvgIpc) is 2.46. The summed E-state index contributed by atoms with van der Waals surface area (Å²) in [6.07, 6.45) is 4.13. The highest BCUT2D eigenvalue weighted by Crippen LogP contribution is 2.07. The van der Waals surface area contributed by atoms with Gasteiger partial charge in [0.15, 0.2) is 5.96 Å². The van der Waals surface area contributed by atoms with E-state index in [1.165, 1.54) is 6.42 Å². The molecule has 0 radical (unpaired) electrons. The number of aromatic nitrogens is 1. The van der Waals surface area contributed by atoms with Crippen LogP contribution in [-0.4, -0.2) is 31.6 Å². The van der Waals surface area contributed by atoms with Crippen molar-refractivity contribution in [2.45, 2.75) is 33.2 Å². The number of nitrogens with zero attached hydrogens (tertiary/aromatic N) is 2. The van der Waals surface area contributed by atoms with Gasteiger partial charge in [0, 0.05) is 32.4 Å². The maximum atomic E-state index is 5.11. The molecule has 0 unspecified atom stereocenters. The molecule has 5 nitrogen and oxygen atoms in total. The summed E-state index contributed by atoms with van der Waals surface area (Å²) in [5.41, 5.74) is 1.11. The SMILES string of the molecule is CN=C(NCCCC(C)C)NCc1ccnc(OC)c1.I. The number of rotatable bonds is 7. The normalized spacial score (nSPS) is 11.0. The van der Waals surface area contributed by atoms with E-state index >= 15 is 0 Å². The summed E-state index contributed by atoms with van der Waals surface area (Å²) in [4.78, 5) is 8.30. The van der Waals surface area contributed by atoms with Gasteiger partial charge < -0.3 is 15.4 Å². The van der Waals surface area contributed by atoms with Gasteiger partial charge in [0.2, 0.25) is 5.88 Å². The van der Waals surface area contributed by atoms with E-state index in [4.69, 9.17) is 4.74 Å². The van der Waals surface area contributed by atoms with Crippen LogP contribution in [0.2, 0.25) is 0 Å². The van der Waals surface area contributed by atoms with Crippen LogP contribution in [-0.2, 0) is 6.54 Å². The Morgan fingerprint density at radius 3 is 2.76 bits per heavy atom. The highest BCUT2D eigenvalue weighted by Gasteiger charge is 2.00. The van der Waals surface area contributed by atoms with Gasteiger partial charge in [-0.25, -0.2) is 4.98 Å². The zero-order valence-corrected chi connectivity index (χ0v) is 15.7. The smallest absolute Gasteiger partial charge is 0.213 e. The van der Waals surface area contributed by atoms with Crippen LogP contribution in [0.25, 0.3) is 0 Å². The predicted molar refractivity (Wildman–Crippen MR) is 98.5 cm³/mol. The molecule has 0 aliphatic heterocycles. The van der Waals surface area contributed by atoms with Crippen LogP contribution < -0.4 is 15.4 Å². The molecule has 1 heterocycles. The molecule has 0 atom stereocenters. The lowest BCUT2D eigenvalue weighted by atomic mass is 10.1. The van der Waals surface area contributed by atoms with Crippen molar-refractivity contribution in [2.75, 3.05) is 20.7 Å². The first-order valence-corrected chi connectivity index (χ1v) is 7.09. The van der Waals surface area contributed by atoms with Crippen LogP contribution >= 0.6 is 24.0 Å². The number of pyridine rings is 1. The fraction of sp³-hybridized carbons (Fsp3) is 0.600. The third kappa shape index (κ3) is 8.75. The van der Waals surface area contributed by atoms with Gasteiger partial charge in [-0.3, -0.25) is 4.99 Å². The Labute approximate surface area is 145 Å². The summed E-state index contributed by atoms with van der Waals surface area (Å²) < 4.78 is 5.11. The largest absolute Gasteiger partial charge is 0.481 e. The second kappa shape index (κ2) is 11.6. The first-order chi connectivity index (χ1) is 9.65. The maximum absolute atomic E-state index is 5.11. The average molecular weight is 406 g/mol. The van der Waals surface area contributed by atoms with E-state index < -0.39 is 0 Å². The monoisotopic (exact) mass is 406 g/mol. The number of methoxy groups -OCH3 is 1. The Hall–Kier alpha value is -1.05. The zero-order valence-electron chi connectivity index (χ0n) is 13.3. The lowest BCUT2D eigenvalue weighted by Crippen LogP contribution is -2.37. The van der Waals surface area contributed by atoms with Crippen LogP contribution in [0.3, 0.4) is 0 Å². The minimum atomic E-state index is 0. The van der Waals surface area contributed by atoms with Gasteiger partial charge in [0.05, 0.1) is 7.11 Å². The minimum absolute atomic E-state index is 0. The minimum Gasteiger partial charge on any atom is -0.481 e. The van der Waals surface area contributed by atoms with Gasteiger partial charge in [-0.2, -0.15) is 0 Å². The number of halogens is 1. The summed E-state index contributed by atoms with van der Waals surface area (Å²) in [5, 5.41) is 6.60. The maximum Gasteiger partial charge on any atom is 0.213 e. The summed E-state index contributed by atoms with van der Waals surface area (Å²) in [5.74, 6) is 2.20. The number of hydrogen-bond acceptors (Lipinski definition) is 3. The van der Waals surface area contributed by atoms with E-state index in [1.54, 1.807) is 20.4 Å². The Morgan fingerprint density at radius 1 is 1.38 bits per heavy atom. The van der Waals surface area contributed by atoms with Gasteiger partial charge in [-0.15, -0.1) is 24.0 Å². The third-order valence-electron chi connectivity index (χ3n) is 2.94. The molecule has 0 aliphatic carbocycles. The lowest BCUT2D eigenvalue weighted by molar-refractivity contribution is 0.397. The second-order valence-electron chi connectivity index (χ2n) is 5.10. The topological polar surface area (TPSA) is 58.5 Å². The van der Waals surface area contributed by atoms with Crippen LogP contribution in [0.15, 0.2) is 23.3 Å². The fourth-order valence-corrected chi connectivity index (χ4v) is 1.80. The van der Waals surface area contributed by atoms with E-state index in [1.807, 2.05) is 12.1 Å². The molecule has 6 heteroatoms. The highest BCUT2D eigenvalue weighted by molar-refractivity contribution is 14.0. The van der Waals surface area contributed by atoms with Crippen molar-refractivity contribution in [1.29, 1.82) is 0 Å². The van der Waals surface area contributed by atoms with Crippen LogP contribution in [0, 0.1) is 5.92 Å². The summed E-state index contributed by atoms with van der Waals surface area (Å²) in [6.45, 7) is 6.12. The molecule has 0 fully saturated rings. The van der Waals surface area contributed by atoms with Gasteiger partial charge in [-0.1, -0.05) is 13.8 Å². The van der Waals surface area contributed by atoms with Gasteiger partial charge in [-0.05, 0) is 30.4 Å². The molecule has 0 amide bonds.